The van der Waals surface area contributed by atoms with Crippen LogP contribution < -0.4 is 4.90 Å². The van der Waals surface area contributed by atoms with Crippen molar-refractivity contribution in [3.8, 4) is 11.3 Å². The van der Waals surface area contributed by atoms with Gasteiger partial charge in [0.15, 0.2) is 17.5 Å². The van der Waals surface area contributed by atoms with Crippen LogP contribution in [0.15, 0.2) is 36.8 Å². The molecule has 1 fully saturated rings. The van der Waals surface area contributed by atoms with Crippen LogP contribution in [0.1, 0.15) is 11.3 Å². The van der Waals surface area contributed by atoms with Gasteiger partial charge in [0, 0.05) is 69.0 Å². The van der Waals surface area contributed by atoms with Gasteiger partial charge in [0.05, 0.1) is 6.20 Å². The molecule has 1 saturated heterocycles. The zero-order valence-corrected chi connectivity index (χ0v) is 15.9. The lowest BCUT2D eigenvalue weighted by Crippen LogP contribution is -2.46. The van der Waals surface area contributed by atoms with Gasteiger partial charge >= 0.3 is 0 Å². The summed E-state index contributed by atoms with van der Waals surface area (Å²) in [6, 6.07) is 4.13. The van der Waals surface area contributed by atoms with Gasteiger partial charge in [-0.2, -0.15) is 5.10 Å². The molecule has 3 heterocycles. The number of rotatable bonds is 4. The van der Waals surface area contributed by atoms with Crippen molar-refractivity contribution in [3.63, 3.8) is 0 Å². The van der Waals surface area contributed by atoms with E-state index >= 15 is 0 Å². The summed E-state index contributed by atoms with van der Waals surface area (Å²) >= 11 is 0. The molecule has 0 aliphatic carbocycles. The van der Waals surface area contributed by atoms with Crippen LogP contribution in [0, 0.1) is 18.6 Å². The van der Waals surface area contributed by atoms with Crippen LogP contribution in [-0.4, -0.2) is 50.8 Å². The summed E-state index contributed by atoms with van der Waals surface area (Å²) < 4.78 is 29.9. The van der Waals surface area contributed by atoms with E-state index in [0.29, 0.717) is 11.5 Å². The van der Waals surface area contributed by atoms with Crippen molar-refractivity contribution >= 4 is 5.82 Å². The average molecular weight is 384 g/mol. The first-order valence-electron chi connectivity index (χ1n) is 9.24. The summed E-state index contributed by atoms with van der Waals surface area (Å²) in [4.78, 5) is 13.2. The molecule has 2 aromatic heterocycles. The zero-order valence-electron chi connectivity index (χ0n) is 15.9. The van der Waals surface area contributed by atoms with Gasteiger partial charge in [0.2, 0.25) is 0 Å². The first kappa shape index (κ1) is 18.5. The number of anilines is 1. The molecule has 1 aliphatic rings. The SMILES string of the molecule is Cc1c(CN2CCN(c3nccnc3-c3cccc(F)c3F)CC2)cnn1C. The second-order valence-corrected chi connectivity index (χ2v) is 6.97. The quantitative estimate of drug-likeness (QED) is 0.692. The van der Waals surface area contributed by atoms with Crippen LogP contribution in [0.25, 0.3) is 11.3 Å². The molecule has 0 amide bonds. The molecule has 0 bridgehead atoms. The summed E-state index contributed by atoms with van der Waals surface area (Å²) in [6.45, 7) is 6.08. The van der Waals surface area contributed by atoms with Crippen LogP contribution in [0.2, 0.25) is 0 Å². The number of benzene rings is 1. The maximum absolute atomic E-state index is 14.3. The molecule has 4 rings (SSSR count). The number of hydrogen-bond acceptors (Lipinski definition) is 5. The molecular weight excluding hydrogens is 362 g/mol. The van der Waals surface area contributed by atoms with Gasteiger partial charge in [-0.15, -0.1) is 0 Å². The van der Waals surface area contributed by atoms with E-state index in [0.717, 1.165) is 38.8 Å². The van der Waals surface area contributed by atoms with Gasteiger partial charge in [-0.1, -0.05) is 6.07 Å². The van der Waals surface area contributed by atoms with E-state index in [4.69, 9.17) is 0 Å². The topological polar surface area (TPSA) is 50.1 Å². The molecule has 0 radical (unpaired) electrons. The first-order valence-corrected chi connectivity index (χ1v) is 9.24. The molecule has 1 aromatic carbocycles. The van der Waals surface area contributed by atoms with Crippen LogP contribution in [0.4, 0.5) is 14.6 Å². The van der Waals surface area contributed by atoms with E-state index in [1.54, 1.807) is 6.20 Å². The fourth-order valence-corrected chi connectivity index (χ4v) is 3.50. The van der Waals surface area contributed by atoms with E-state index in [-0.39, 0.29) is 5.56 Å². The lowest BCUT2D eigenvalue weighted by Gasteiger charge is -2.35. The van der Waals surface area contributed by atoms with Crippen LogP contribution in [0.5, 0.6) is 0 Å². The molecule has 3 aromatic rings. The highest BCUT2D eigenvalue weighted by Gasteiger charge is 2.24. The van der Waals surface area contributed by atoms with Gasteiger partial charge in [-0.05, 0) is 19.1 Å². The van der Waals surface area contributed by atoms with E-state index in [1.165, 1.54) is 29.6 Å². The third-order valence-corrected chi connectivity index (χ3v) is 5.29. The van der Waals surface area contributed by atoms with E-state index < -0.39 is 11.6 Å². The highest BCUT2D eigenvalue weighted by atomic mass is 19.2. The van der Waals surface area contributed by atoms with Crippen molar-refractivity contribution in [2.75, 3.05) is 31.1 Å². The predicted octanol–water partition coefficient (Wildman–Crippen LogP) is 2.79. The average Bonchev–Trinajstić information content (AvgIpc) is 3.03. The summed E-state index contributed by atoms with van der Waals surface area (Å²) in [5, 5.41) is 4.30. The van der Waals surface area contributed by atoms with E-state index in [2.05, 4.69) is 31.8 Å². The van der Waals surface area contributed by atoms with Crippen LogP contribution >= 0.6 is 0 Å². The number of hydrogen-bond donors (Lipinski definition) is 0. The second kappa shape index (κ2) is 7.63. The zero-order chi connectivity index (χ0) is 19.7. The number of piperazine rings is 1. The molecule has 0 N–H and O–H groups in total. The molecule has 0 atom stereocenters. The Morgan fingerprint density at radius 1 is 1.04 bits per heavy atom. The lowest BCUT2D eigenvalue weighted by molar-refractivity contribution is 0.249. The molecule has 8 heteroatoms. The largest absolute Gasteiger partial charge is 0.352 e. The highest BCUT2D eigenvalue weighted by molar-refractivity contribution is 5.72. The monoisotopic (exact) mass is 384 g/mol. The van der Waals surface area contributed by atoms with Gasteiger partial charge in [0.25, 0.3) is 0 Å². The first-order chi connectivity index (χ1) is 13.5. The Morgan fingerprint density at radius 3 is 2.50 bits per heavy atom. The maximum Gasteiger partial charge on any atom is 0.168 e. The Balaban J connectivity index is 1.51. The highest BCUT2D eigenvalue weighted by Crippen LogP contribution is 2.30. The minimum absolute atomic E-state index is 0.136. The Morgan fingerprint density at radius 2 is 1.79 bits per heavy atom. The Bertz CT molecular complexity index is 979. The van der Waals surface area contributed by atoms with Gasteiger partial charge < -0.3 is 4.90 Å². The third-order valence-electron chi connectivity index (χ3n) is 5.29. The maximum atomic E-state index is 14.3. The van der Waals surface area contributed by atoms with Gasteiger partial charge in [-0.25, -0.2) is 13.8 Å². The standard InChI is InChI=1S/C20H22F2N6/c1-14-15(12-25-26(14)2)13-27-8-10-28(11-9-27)20-19(23-6-7-24-20)16-4-3-5-17(21)18(16)22/h3-7,12H,8-11,13H2,1-2H3. The number of nitrogens with zero attached hydrogens (tertiary/aromatic N) is 6. The number of halogens is 2. The van der Waals surface area contributed by atoms with Crippen LogP contribution in [-0.2, 0) is 13.6 Å². The van der Waals surface area contributed by atoms with Crippen molar-refractivity contribution in [1.29, 1.82) is 0 Å². The number of aryl methyl sites for hydroxylation is 1. The Labute approximate surface area is 162 Å². The number of aromatic nitrogens is 4. The summed E-state index contributed by atoms with van der Waals surface area (Å²) in [5.41, 5.74) is 2.89. The summed E-state index contributed by atoms with van der Waals surface area (Å²) in [5.74, 6) is -1.19. The van der Waals surface area contributed by atoms with Crippen molar-refractivity contribution in [2.24, 2.45) is 7.05 Å². The molecule has 28 heavy (non-hydrogen) atoms. The predicted molar refractivity (Wildman–Crippen MR) is 103 cm³/mol. The normalized spacial score (nSPS) is 15.2. The van der Waals surface area contributed by atoms with Gasteiger partial charge in [-0.3, -0.25) is 14.6 Å². The Hall–Kier alpha value is -2.87. The molecular formula is C20H22F2N6. The molecule has 146 valence electrons. The van der Waals surface area contributed by atoms with Gasteiger partial charge in [0.1, 0.15) is 5.69 Å². The fraction of sp³-hybridized carbons (Fsp3) is 0.350. The fourth-order valence-electron chi connectivity index (χ4n) is 3.50. The molecule has 1 aliphatic heterocycles. The van der Waals surface area contributed by atoms with E-state index in [9.17, 15) is 8.78 Å². The minimum atomic E-state index is -0.894. The summed E-state index contributed by atoms with van der Waals surface area (Å²) in [7, 11) is 1.94. The minimum Gasteiger partial charge on any atom is -0.352 e. The molecule has 0 unspecified atom stereocenters. The second-order valence-electron chi connectivity index (χ2n) is 6.97. The van der Waals surface area contributed by atoms with E-state index in [1.807, 2.05) is 17.9 Å². The molecule has 6 nitrogen and oxygen atoms in total. The van der Waals surface area contributed by atoms with Crippen molar-refractivity contribution in [2.45, 2.75) is 13.5 Å². The van der Waals surface area contributed by atoms with Crippen molar-refractivity contribution < 1.29 is 8.78 Å². The molecule has 0 spiro atoms. The third kappa shape index (κ3) is 3.47. The lowest BCUT2D eigenvalue weighted by atomic mass is 10.1. The van der Waals surface area contributed by atoms with Crippen LogP contribution in [0.3, 0.4) is 0 Å². The van der Waals surface area contributed by atoms with Crippen molar-refractivity contribution in [3.05, 3.63) is 59.7 Å². The van der Waals surface area contributed by atoms with Crippen molar-refractivity contribution in [1.82, 2.24) is 24.6 Å². The molecule has 0 saturated carbocycles. The smallest absolute Gasteiger partial charge is 0.168 e. The summed E-state index contributed by atoms with van der Waals surface area (Å²) in [6.07, 6.45) is 5.00. The Kier molecular flexibility index (Phi) is 5.04.